The molecule has 1 fully saturated rings. The van der Waals surface area contributed by atoms with Crippen LogP contribution < -0.4 is 5.43 Å². The zero-order chi connectivity index (χ0) is 15.8. The van der Waals surface area contributed by atoms with Crippen LogP contribution in [0.25, 0.3) is 6.08 Å². The van der Waals surface area contributed by atoms with Crippen LogP contribution in [0.1, 0.15) is 43.7 Å². The standard InChI is InChI=1S/C14H18BNO5/c1-13(2)14(3,4)21-15(20-13)6-5-9-7-11(17)10(8-16-9)12(18)19/h5-8H,1-4H3,(H,16,17)(H,18,19)/b6-5+. The molecule has 1 aliphatic heterocycles. The zero-order valence-corrected chi connectivity index (χ0v) is 12.5. The second kappa shape index (κ2) is 5.16. The van der Waals surface area contributed by atoms with Gasteiger partial charge in [0.1, 0.15) is 5.56 Å². The molecule has 2 heterocycles. The van der Waals surface area contributed by atoms with E-state index in [4.69, 9.17) is 14.4 Å². The number of hydrogen-bond acceptors (Lipinski definition) is 4. The first-order valence-electron chi connectivity index (χ1n) is 6.62. The fourth-order valence-electron chi connectivity index (χ4n) is 1.90. The number of hydrogen-bond donors (Lipinski definition) is 2. The Labute approximate surface area is 122 Å². The number of carboxylic acid groups (broad SMARTS) is 1. The summed E-state index contributed by atoms with van der Waals surface area (Å²) in [6.45, 7) is 7.80. The number of nitrogens with one attached hydrogen (secondary N) is 1. The van der Waals surface area contributed by atoms with Crippen LogP contribution in [0, 0.1) is 0 Å². The highest BCUT2D eigenvalue weighted by atomic mass is 16.7. The third kappa shape index (κ3) is 3.09. The molecule has 112 valence electrons. The van der Waals surface area contributed by atoms with Gasteiger partial charge < -0.3 is 19.4 Å². The monoisotopic (exact) mass is 291 g/mol. The molecule has 0 radical (unpaired) electrons. The average molecular weight is 291 g/mol. The smallest absolute Gasteiger partial charge is 0.477 e. The second-order valence-corrected chi connectivity index (χ2v) is 5.96. The van der Waals surface area contributed by atoms with Crippen LogP contribution in [0.4, 0.5) is 0 Å². The fourth-order valence-corrected chi connectivity index (χ4v) is 1.90. The Morgan fingerprint density at radius 2 is 1.86 bits per heavy atom. The van der Waals surface area contributed by atoms with E-state index in [2.05, 4.69) is 4.98 Å². The summed E-state index contributed by atoms with van der Waals surface area (Å²) in [6.07, 6.45) is 2.81. The molecule has 6 nitrogen and oxygen atoms in total. The Kier molecular flexibility index (Phi) is 3.82. The van der Waals surface area contributed by atoms with Gasteiger partial charge in [0.15, 0.2) is 5.43 Å². The summed E-state index contributed by atoms with van der Waals surface area (Å²) in [5, 5.41) is 8.80. The van der Waals surface area contributed by atoms with Crippen molar-refractivity contribution >= 4 is 19.2 Å². The predicted octanol–water partition coefficient (Wildman–Crippen LogP) is 1.72. The molecule has 0 atom stereocenters. The Hall–Kier alpha value is -1.86. The van der Waals surface area contributed by atoms with Crippen LogP contribution in [-0.2, 0) is 9.31 Å². The van der Waals surface area contributed by atoms with Gasteiger partial charge in [0.2, 0.25) is 0 Å². The third-order valence-corrected chi connectivity index (χ3v) is 3.87. The summed E-state index contributed by atoms with van der Waals surface area (Å²) in [5.41, 5.74) is -1.21. The normalized spacial score (nSPS) is 20.1. The minimum Gasteiger partial charge on any atom is -0.477 e. The molecule has 2 rings (SSSR count). The average Bonchev–Trinajstić information content (AvgIpc) is 2.55. The minimum atomic E-state index is -1.25. The van der Waals surface area contributed by atoms with Gasteiger partial charge in [-0.25, -0.2) is 4.79 Å². The van der Waals surface area contributed by atoms with E-state index in [1.54, 1.807) is 12.1 Å². The van der Waals surface area contributed by atoms with Crippen molar-refractivity contribution in [1.82, 2.24) is 4.98 Å². The summed E-state index contributed by atoms with van der Waals surface area (Å²) in [5.74, 6) is 0.431. The van der Waals surface area contributed by atoms with E-state index in [0.29, 0.717) is 5.69 Å². The highest BCUT2D eigenvalue weighted by Crippen LogP contribution is 2.36. The first-order chi connectivity index (χ1) is 9.62. The maximum atomic E-state index is 11.6. The molecule has 1 aliphatic rings. The predicted molar refractivity (Wildman–Crippen MR) is 79.1 cm³/mol. The van der Waals surface area contributed by atoms with Crippen LogP contribution in [-0.4, -0.2) is 34.4 Å². The summed E-state index contributed by atoms with van der Waals surface area (Å²) in [7, 11) is -0.516. The SMILES string of the molecule is CC1(C)OB(/C=C/c2cc(=O)c(C(=O)O)c[nH]2)OC1(C)C. The van der Waals surface area contributed by atoms with Crippen LogP contribution in [0.15, 0.2) is 23.0 Å². The number of rotatable bonds is 3. The van der Waals surface area contributed by atoms with Gasteiger partial charge in [0, 0.05) is 18.0 Å². The lowest BCUT2D eigenvalue weighted by molar-refractivity contribution is 0.00578. The molecule has 1 aromatic rings. The molecule has 0 spiro atoms. The second-order valence-electron chi connectivity index (χ2n) is 5.96. The number of carbonyl (C=O) groups is 1. The quantitative estimate of drug-likeness (QED) is 0.828. The molecule has 2 N–H and O–H groups in total. The van der Waals surface area contributed by atoms with Crippen LogP contribution in [0.2, 0.25) is 0 Å². The van der Waals surface area contributed by atoms with E-state index in [1.165, 1.54) is 12.3 Å². The molecular weight excluding hydrogens is 273 g/mol. The van der Waals surface area contributed by atoms with Crippen molar-refractivity contribution in [1.29, 1.82) is 0 Å². The third-order valence-electron chi connectivity index (χ3n) is 3.87. The van der Waals surface area contributed by atoms with Gasteiger partial charge in [-0.3, -0.25) is 4.79 Å². The van der Waals surface area contributed by atoms with Crippen molar-refractivity contribution in [2.24, 2.45) is 0 Å². The van der Waals surface area contributed by atoms with E-state index in [9.17, 15) is 9.59 Å². The molecule has 21 heavy (non-hydrogen) atoms. The van der Waals surface area contributed by atoms with Crippen molar-refractivity contribution in [3.8, 4) is 0 Å². The van der Waals surface area contributed by atoms with Gasteiger partial charge in [-0.05, 0) is 33.8 Å². The molecule has 0 unspecified atom stereocenters. The molecule has 0 amide bonds. The van der Waals surface area contributed by atoms with E-state index >= 15 is 0 Å². The molecule has 0 aliphatic carbocycles. The number of aromatic carboxylic acids is 1. The summed E-state index contributed by atoms with van der Waals surface area (Å²) in [6, 6.07) is 1.23. The van der Waals surface area contributed by atoms with Gasteiger partial charge in [-0.15, -0.1) is 0 Å². The maximum Gasteiger partial charge on any atom is 0.487 e. The largest absolute Gasteiger partial charge is 0.487 e. The highest BCUT2D eigenvalue weighted by Gasteiger charge is 2.49. The maximum absolute atomic E-state index is 11.6. The lowest BCUT2D eigenvalue weighted by Gasteiger charge is -2.32. The first kappa shape index (κ1) is 15.5. The van der Waals surface area contributed by atoms with Crippen LogP contribution in [0.3, 0.4) is 0 Å². The minimum absolute atomic E-state index is 0.289. The summed E-state index contributed by atoms with van der Waals surface area (Å²) >= 11 is 0. The molecule has 0 saturated carbocycles. The molecule has 0 bridgehead atoms. The molecular formula is C14H18BNO5. The van der Waals surface area contributed by atoms with E-state index in [0.717, 1.165) is 0 Å². The highest BCUT2D eigenvalue weighted by molar-refractivity contribution is 6.52. The van der Waals surface area contributed by atoms with E-state index in [-0.39, 0.29) is 5.56 Å². The van der Waals surface area contributed by atoms with E-state index in [1.807, 2.05) is 27.7 Å². The van der Waals surface area contributed by atoms with Crippen molar-refractivity contribution in [3.63, 3.8) is 0 Å². The fraction of sp³-hybridized carbons (Fsp3) is 0.429. The Balaban J connectivity index is 2.15. The summed E-state index contributed by atoms with van der Waals surface area (Å²) < 4.78 is 11.6. The number of aromatic amines is 1. The summed E-state index contributed by atoms with van der Waals surface area (Å²) in [4.78, 5) is 25.1. The van der Waals surface area contributed by atoms with Crippen LogP contribution >= 0.6 is 0 Å². The zero-order valence-electron chi connectivity index (χ0n) is 12.5. The van der Waals surface area contributed by atoms with Crippen molar-refractivity contribution < 1.29 is 19.2 Å². The van der Waals surface area contributed by atoms with Crippen molar-refractivity contribution in [2.75, 3.05) is 0 Å². The Morgan fingerprint density at radius 3 is 2.33 bits per heavy atom. The number of aromatic nitrogens is 1. The number of H-pyrrole nitrogens is 1. The molecule has 7 heteroatoms. The topological polar surface area (TPSA) is 88.6 Å². The number of pyridine rings is 1. The lowest BCUT2D eigenvalue weighted by Crippen LogP contribution is -2.41. The first-order valence-corrected chi connectivity index (χ1v) is 6.62. The van der Waals surface area contributed by atoms with Gasteiger partial charge in [-0.1, -0.05) is 5.98 Å². The Morgan fingerprint density at radius 1 is 1.29 bits per heavy atom. The van der Waals surface area contributed by atoms with Crippen molar-refractivity contribution in [2.45, 2.75) is 38.9 Å². The molecule has 1 aromatic heterocycles. The van der Waals surface area contributed by atoms with E-state index < -0.39 is 29.7 Å². The Bertz CT molecular complexity index is 631. The van der Waals surface area contributed by atoms with Crippen LogP contribution in [0.5, 0.6) is 0 Å². The number of carboxylic acids is 1. The van der Waals surface area contributed by atoms with Gasteiger partial charge >= 0.3 is 13.1 Å². The van der Waals surface area contributed by atoms with Crippen molar-refractivity contribution in [3.05, 3.63) is 39.7 Å². The molecule has 0 aromatic carbocycles. The lowest BCUT2D eigenvalue weighted by atomic mass is 9.89. The molecule has 1 saturated heterocycles. The van der Waals surface area contributed by atoms with Gasteiger partial charge in [0.25, 0.3) is 0 Å². The van der Waals surface area contributed by atoms with Gasteiger partial charge in [0.05, 0.1) is 11.2 Å². The van der Waals surface area contributed by atoms with Gasteiger partial charge in [-0.2, -0.15) is 0 Å².